The molecule has 5 aromatic rings. The number of carbonyl (C=O) groups excluding carboxylic acids is 2. The van der Waals surface area contributed by atoms with Gasteiger partial charge in [0.1, 0.15) is 23.2 Å². The average molecular weight is 795 g/mol. The molecule has 2 aliphatic carbocycles. The fourth-order valence-corrected chi connectivity index (χ4v) is 9.97. The summed E-state index contributed by atoms with van der Waals surface area (Å²) in [5.74, 6) is 4.50. The van der Waals surface area contributed by atoms with Crippen LogP contribution in [0.15, 0.2) is 72.8 Å². The van der Waals surface area contributed by atoms with Crippen molar-refractivity contribution in [2.24, 2.45) is 23.5 Å². The third-order valence-corrected chi connectivity index (χ3v) is 13.2. The Labute approximate surface area is 344 Å². The van der Waals surface area contributed by atoms with E-state index in [-0.39, 0.29) is 29.8 Å². The van der Waals surface area contributed by atoms with Crippen LogP contribution in [0.5, 0.6) is 5.75 Å². The number of rotatable bonds is 10. The van der Waals surface area contributed by atoms with Crippen molar-refractivity contribution in [3.8, 4) is 17.0 Å². The summed E-state index contributed by atoms with van der Waals surface area (Å²) < 4.78 is 15.0. The van der Waals surface area contributed by atoms with Crippen LogP contribution in [-0.2, 0) is 14.3 Å². The second-order valence-corrected chi connectivity index (χ2v) is 18.0. The standard InChI is InChI=1S/C47H54N8O4/c1-25(2)16-42(56)54-38-19-31(38)21-40(54)45-50-23-34(52-45)27-12-14-36-30(17-27)20-39-33-13-11-28(22-41(33)59-47(55(36)39)29-8-6-9-32(18-29)58-5)35-24-49-44(51-35)37-10-7-15-53(37)46(57)43(48)26(3)4/h6,8-9,12,14,17-18,20,22-26,31,37-38,40,43,47H,7,10-11,13,15-16,19,21,48H2,1-5H3,(H,49,51)(H,50,52). The van der Waals surface area contributed by atoms with Crippen molar-refractivity contribution in [1.29, 1.82) is 0 Å². The first-order valence-corrected chi connectivity index (χ1v) is 21.4. The van der Waals surface area contributed by atoms with Gasteiger partial charge in [-0.2, -0.15) is 0 Å². The van der Waals surface area contributed by atoms with Gasteiger partial charge in [0.05, 0.1) is 60.2 Å². The Morgan fingerprint density at radius 3 is 2.56 bits per heavy atom. The molecule has 6 heterocycles. The molecule has 59 heavy (non-hydrogen) atoms. The lowest BCUT2D eigenvalue weighted by Crippen LogP contribution is -2.46. The lowest BCUT2D eigenvalue weighted by molar-refractivity contribution is -0.135. The van der Waals surface area contributed by atoms with Crippen LogP contribution in [0.4, 0.5) is 0 Å². The van der Waals surface area contributed by atoms with Crippen LogP contribution >= 0.6 is 0 Å². The summed E-state index contributed by atoms with van der Waals surface area (Å²) in [6.07, 6.45) is 11.6. The van der Waals surface area contributed by atoms with E-state index in [4.69, 9.17) is 25.2 Å². The summed E-state index contributed by atoms with van der Waals surface area (Å²) in [6, 6.07) is 16.7. The molecule has 3 fully saturated rings. The number of likely N-dealkylation sites (tertiary alicyclic amines) is 2. The molecule has 12 nitrogen and oxygen atoms in total. The number of amides is 2. The highest BCUT2D eigenvalue weighted by atomic mass is 16.5. The Balaban J connectivity index is 0.979. The number of methoxy groups -OCH3 is 1. The molecule has 6 atom stereocenters. The highest BCUT2D eigenvalue weighted by Crippen LogP contribution is 2.53. The number of aromatic nitrogens is 5. The molecule has 10 rings (SSSR count). The second-order valence-electron chi connectivity index (χ2n) is 18.0. The van der Waals surface area contributed by atoms with Crippen LogP contribution in [0.3, 0.4) is 0 Å². The van der Waals surface area contributed by atoms with Crippen LogP contribution in [0.25, 0.3) is 33.3 Å². The van der Waals surface area contributed by atoms with Crippen molar-refractivity contribution < 1.29 is 19.1 Å². The minimum Gasteiger partial charge on any atom is -0.497 e. The van der Waals surface area contributed by atoms with Crippen molar-refractivity contribution in [2.75, 3.05) is 13.7 Å². The zero-order chi connectivity index (χ0) is 40.7. The van der Waals surface area contributed by atoms with Gasteiger partial charge >= 0.3 is 0 Å². The van der Waals surface area contributed by atoms with Gasteiger partial charge in [0, 0.05) is 41.1 Å². The molecule has 2 aromatic carbocycles. The Morgan fingerprint density at radius 1 is 0.966 bits per heavy atom. The topological polar surface area (TPSA) is 147 Å². The molecular formula is C47H54N8O4. The van der Waals surface area contributed by atoms with Gasteiger partial charge in [0.25, 0.3) is 0 Å². The van der Waals surface area contributed by atoms with Crippen LogP contribution in [0.1, 0.15) is 120 Å². The molecule has 5 aliphatic rings. The van der Waals surface area contributed by atoms with E-state index in [9.17, 15) is 9.59 Å². The van der Waals surface area contributed by atoms with Gasteiger partial charge < -0.3 is 39.5 Å². The highest BCUT2D eigenvalue weighted by molar-refractivity contribution is 5.92. The molecule has 3 aliphatic heterocycles. The summed E-state index contributed by atoms with van der Waals surface area (Å²) in [5, 5.41) is 1.11. The van der Waals surface area contributed by atoms with Crippen molar-refractivity contribution in [3.63, 3.8) is 0 Å². The van der Waals surface area contributed by atoms with Gasteiger partial charge in [-0.3, -0.25) is 9.59 Å². The number of hydrogen-bond acceptors (Lipinski definition) is 7. The van der Waals surface area contributed by atoms with Crippen LogP contribution in [0, 0.1) is 17.8 Å². The fraction of sp³-hybridized carbons (Fsp3) is 0.447. The number of hydrogen-bond donors (Lipinski definition) is 3. The predicted octanol–water partition coefficient (Wildman–Crippen LogP) is 8.28. The molecule has 2 amide bonds. The molecule has 1 saturated carbocycles. The Bertz CT molecular complexity index is 2520. The second kappa shape index (κ2) is 14.6. The third-order valence-electron chi connectivity index (χ3n) is 13.2. The Kier molecular flexibility index (Phi) is 9.30. The SMILES string of the molecule is COc1cccc(C2OC3=C(CCC(c4cnc(C5CCCN5C(=O)C(N)C(C)C)[nH]4)=C3)c3cc4cc(-c5cnc(C6CC7CC7N6C(=O)CC(C)C)[nH]5)ccc4n32)c1. The lowest BCUT2D eigenvalue weighted by atomic mass is 9.92. The Hall–Kier alpha value is -5.62. The normalized spacial score (nSPS) is 24.0. The van der Waals surface area contributed by atoms with E-state index in [1.165, 1.54) is 0 Å². The van der Waals surface area contributed by atoms with Crippen LogP contribution < -0.4 is 10.5 Å². The molecule has 12 heteroatoms. The van der Waals surface area contributed by atoms with E-state index in [2.05, 4.69) is 69.7 Å². The number of ether oxygens (including phenoxy) is 2. The number of fused-ring (bicyclic) bond motifs is 5. The molecule has 4 N–H and O–H groups in total. The molecule has 2 saturated heterocycles. The first-order valence-electron chi connectivity index (χ1n) is 21.4. The van der Waals surface area contributed by atoms with Gasteiger partial charge in [-0.25, -0.2) is 9.97 Å². The smallest absolute Gasteiger partial charge is 0.240 e. The quantitative estimate of drug-likeness (QED) is 0.129. The number of carbonyl (C=O) groups is 2. The molecule has 0 radical (unpaired) electrons. The summed E-state index contributed by atoms with van der Waals surface area (Å²) in [5.41, 5.74) is 14.7. The van der Waals surface area contributed by atoms with E-state index >= 15 is 0 Å². The number of aromatic amines is 2. The maximum Gasteiger partial charge on any atom is 0.240 e. The fourth-order valence-electron chi connectivity index (χ4n) is 9.97. The molecule has 0 bridgehead atoms. The summed E-state index contributed by atoms with van der Waals surface area (Å²) in [4.78, 5) is 47.5. The number of benzene rings is 2. The number of allylic oxidation sites excluding steroid dienone is 3. The number of piperidine rings is 1. The maximum absolute atomic E-state index is 13.3. The zero-order valence-electron chi connectivity index (χ0n) is 34.6. The first-order chi connectivity index (χ1) is 28.6. The van der Waals surface area contributed by atoms with Crippen molar-refractivity contribution >= 4 is 33.9 Å². The largest absolute Gasteiger partial charge is 0.497 e. The minimum absolute atomic E-state index is 0.00300. The highest BCUT2D eigenvalue weighted by Gasteiger charge is 2.55. The van der Waals surface area contributed by atoms with Crippen molar-refractivity contribution in [2.45, 2.75) is 103 Å². The zero-order valence-corrected chi connectivity index (χ0v) is 34.6. The van der Waals surface area contributed by atoms with E-state index in [0.717, 1.165) is 112 Å². The maximum atomic E-state index is 13.3. The molecule has 6 unspecified atom stereocenters. The molecule has 306 valence electrons. The molecule has 0 spiro atoms. The van der Waals surface area contributed by atoms with E-state index in [1.54, 1.807) is 7.11 Å². The Morgan fingerprint density at radius 2 is 1.76 bits per heavy atom. The van der Waals surface area contributed by atoms with Crippen LogP contribution in [-0.4, -0.2) is 71.9 Å². The van der Waals surface area contributed by atoms with Gasteiger partial charge in [0.15, 0.2) is 0 Å². The minimum atomic E-state index is -0.524. The van der Waals surface area contributed by atoms with Crippen molar-refractivity contribution in [3.05, 3.63) is 101 Å². The lowest BCUT2D eigenvalue weighted by Gasteiger charge is -2.33. The number of H-pyrrole nitrogens is 2. The van der Waals surface area contributed by atoms with Gasteiger partial charge in [-0.05, 0) is 98.3 Å². The summed E-state index contributed by atoms with van der Waals surface area (Å²) in [6.45, 7) is 8.88. The van der Waals surface area contributed by atoms with Crippen molar-refractivity contribution in [1.82, 2.24) is 34.3 Å². The van der Waals surface area contributed by atoms with Crippen LogP contribution in [0.2, 0.25) is 0 Å². The molecular weight excluding hydrogens is 741 g/mol. The third kappa shape index (κ3) is 6.56. The summed E-state index contributed by atoms with van der Waals surface area (Å²) >= 11 is 0. The number of nitrogens with zero attached hydrogens (tertiary/aromatic N) is 5. The predicted molar refractivity (Wildman–Crippen MR) is 227 cm³/mol. The number of nitrogens with one attached hydrogen (secondary N) is 2. The number of imidazole rings is 2. The number of nitrogens with two attached hydrogens (primary N) is 1. The monoisotopic (exact) mass is 794 g/mol. The van der Waals surface area contributed by atoms with Gasteiger partial charge in [0.2, 0.25) is 18.0 Å². The summed E-state index contributed by atoms with van der Waals surface area (Å²) in [7, 11) is 1.69. The van der Waals surface area contributed by atoms with E-state index in [1.807, 2.05) is 49.3 Å². The average Bonchev–Trinajstić information content (AvgIpc) is 3.89. The van der Waals surface area contributed by atoms with E-state index in [0.29, 0.717) is 30.8 Å². The van der Waals surface area contributed by atoms with E-state index < -0.39 is 12.3 Å². The molecule has 3 aromatic heterocycles. The first kappa shape index (κ1) is 37.6. The van der Waals surface area contributed by atoms with Gasteiger partial charge in [-0.15, -0.1) is 0 Å². The van der Waals surface area contributed by atoms with Gasteiger partial charge in [-0.1, -0.05) is 45.9 Å².